The van der Waals surface area contributed by atoms with Crippen molar-refractivity contribution in [1.82, 2.24) is 15.5 Å². The second-order valence-corrected chi connectivity index (χ2v) is 8.52. The van der Waals surface area contributed by atoms with Crippen LogP contribution in [0.3, 0.4) is 0 Å². The Labute approximate surface area is 176 Å². The Balaban J connectivity index is 1.32. The molecule has 3 fully saturated rings. The maximum absolute atomic E-state index is 11.9. The van der Waals surface area contributed by atoms with Crippen LogP contribution in [0.2, 0.25) is 0 Å². The van der Waals surface area contributed by atoms with Gasteiger partial charge in [0.05, 0.1) is 18.8 Å². The summed E-state index contributed by atoms with van der Waals surface area (Å²) in [6, 6.07) is 0. The number of piperidine rings is 1. The molecule has 166 valence electrons. The van der Waals surface area contributed by atoms with Crippen molar-refractivity contribution in [3.63, 3.8) is 0 Å². The summed E-state index contributed by atoms with van der Waals surface area (Å²) in [6.07, 6.45) is 10.5. The van der Waals surface area contributed by atoms with Crippen molar-refractivity contribution in [2.24, 2.45) is 10.9 Å². The Bertz CT molecular complexity index is 510. The van der Waals surface area contributed by atoms with Crippen molar-refractivity contribution in [2.45, 2.75) is 76.9 Å². The molecule has 1 aliphatic carbocycles. The first-order valence-corrected chi connectivity index (χ1v) is 11.8. The van der Waals surface area contributed by atoms with Gasteiger partial charge in [-0.05, 0) is 58.3 Å². The van der Waals surface area contributed by atoms with Crippen LogP contribution in [-0.4, -0.2) is 74.9 Å². The van der Waals surface area contributed by atoms with Gasteiger partial charge in [0.15, 0.2) is 5.96 Å². The number of nitrogens with one attached hydrogen (secondary N) is 2. The maximum Gasteiger partial charge on any atom is 0.223 e. The molecule has 2 N–H and O–H groups in total. The maximum atomic E-state index is 11.9. The van der Waals surface area contributed by atoms with Crippen molar-refractivity contribution >= 4 is 11.9 Å². The number of guanidine groups is 1. The molecule has 2 heterocycles. The van der Waals surface area contributed by atoms with E-state index in [0.29, 0.717) is 12.2 Å². The van der Waals surface area contributed by atoms with Crippen LogP contribution in [0.25, 0.3) is 0 Å². The van der Waals surface area contributed by atoms with E-state index in [-0.39, 0.29) is 11.8 Å². The van der Waals surface area contributed by atoms with Crippen LogP contribution in [0.15, 0.2) is 4.99 Å². The zero-order valence-electron chi connectivity index (χ0n) is 18.2. The molecule has 2 aliphatic heterocycles. The molecular weight excluding hydrogens is 368 g/mol. The molecule has 0 aromatic heterocycles. The third-order valence-electron chi connectivity index (χ3n) is 6.24. The molecule has 1 saturated carbocycles. The highest BCUT2D eigenvalue weighted by atomic mass is 16.5. The number of carbonyl (C=O) groups is 1. The number of nitrogens with zero attached hydrogens (tertiary/aromatic N) is 2. The molecule has 0 spiro atoms. The Kier molecular flexibility index (Phi) is 9.54. The molecule has 29 heavy (non-hydrogen) atoms. The lowest BCUT2D eigenvalue weighted by Crippen LogP contribution is -2.47. The van der Waals surface area contributed by atoms with Crippen LogP contribution >= 0.6 is 0 Å². The summed E-state index contributed by atoms with van der Waals surface area (Å²) in [6.45, 7) is 8.01. The summed E-state index contributed by atoms with van der Waals surface area (Å²) in [5.41, 5.74) is 0. The number of carbonyl (C=O) groups excluding carboxylic acids is 1. The minimum absolute atomic E-state index is 0.229. The van der Waals surface area contributed by atoms with Gasteiger partial charge < -0.3 is 25.0 Å². The van der Waals surface area contributed by atoms with E-state index < -0.39 is 0 Å². The van der Waals surface area contributed by atoms with Gasteiger partial charge in [-0.25, -0.2) is 0 Å². The van der Waals surface area contributed by atoms with Crippen molar-refractivity contribution in [3.05, 3.63) is 0 Å². The number of hydrogen-bond acceptors (Lipinski definition) is 4. The fourth-order valence-corrected chi connectivity index (χ4v) is 4.13. The summed E-state index contributed by atoms with van der Waals surface area (Å²) in [5.74, 6) is 1.49. The lowest BCUT2D eigenvalue weighted by Gasteiger charge is -2.35. The first-order chi connectivity index (χ1) is 14.3. The molecule has 0 bridgehead atoms. The van der Waals surface area contributed by atoms with Crippen LogP contribution < -0.4 is 10.6 Å². The zero-order valence-corrected chi connectivity index (χ0v) is 18.2. The lowest BCUT2D eigenvalue weighted by molar-refractivity contribution is -0.127. The summed E-state index contributed by atoms with van der Waals surface area (Å²) in [4.78, 5) is 19.0. The first kappa shape index (κ1) is 22.3. The molecule has 0 radical (unpaired) electrons. The predicted octanol–water partition coefficient (Wildman–Crippen LogP) is 2.31. The minimum Gasteiger partial charge on any atom is -0.376 e. The molecule has 1 unspecified atom stereocenters. The van der Waals surface area contributed by atoms with Gasteiger partial charge in [0.25, 0.3) is 0 Å². The van der Waals surface area contributed by atoms with E-state index in [2.05, 4.69) is 22.5 Å². The van der Waals surface area contributed by atoms with E-state index in [1.807, 2.05) is 0 Å². The average Bonchev–Trinajstić information content (AvgIpc) is 2.71. The van der Waals surface area contributed by atoms with Gasteiger partial charge in [0.2, 0.25) is 5.91 Å². The van der Waals surface area contributed by atoms with E-state index >= 15 is 0 Å². The van der Waals surface area contributed by atoms with Crippen LogP contribution in [0.1, 0.15) is 64.7 Å². The number of ether oxygens (including phenoxy) is 2. The average molecular weight is 409 g/mol. The summed E-state index contributed by atoms with van der Waals surface area (Å²) >= 11 is 0. The fraction of sp³-hybridized carbons (Fsp3) is 0.909. The molecule has 0 aromatic carbocycles. The second kappa shape index (κ2) is 12.4. The first-order valence-electron chi connectivity index (χ1n) is 11.8. The Morgan fingerprint density at radius 1 is 1.10 bits per heavy atom. The highest BCUT2D eigenvalue weighted by Gasteiger charge is 2.25. The van der Waals surface area contributed by atoms with E-state index in [1.54, 1.807) is 0 Å². The van der Waals surface area contributed by atoms with Gasteiger partial charge >= 0.3 is 0 Å². The molecular formula is C22H40N4O3. The van der Waals surface area contributed by atoms with Gasteiger partial charge in [-0.3, -0.25) is 9.79 Å². The van der Waals surface area contributed by atoms with Crippen LogP contribution in [0, 0.1) is 5.92 Å². The van der Waals surface area contributed by atoms with Gasteiger partial charge in [-0.15, -0.1) is 0 Å². The van der Waals surface area contributed by atoms with Gasteiger partial charge in [0, 0.05) is 45.2 Å². The summed E-state index contributed by atoms with van der Waals surface area (Å²) in [5, 5.41) is 6.46. The number of likely N-dealkylation sites (tertiary alicyclic amines) is 1. The summed E-state index contributed by atoms with van der Waals surface area (Å²) < 4.78 is 11.9. The molecule has 7 heteroatoms. The quantitative estimate of drug-likeness (QED) is 0.348. The van der Waals surface area contributed by atoms with E-state index in [4.69, 9.17) is 14.5 Å². The van der Waals surface area contributed by atoms with Crippen LogP contribution in [-0.2, 0) is 14.3 Å². The highest BCUT2D eigenvalue weighted by molar-refractivity contribution is 5.80. The predicted molar refractivity (Wildman–Crippen MR) is 115 cm³/mol. The minimum atomic E-state index is 0.229. The van der Waals surface area contributed by atoms with Crippen molar-refractivity contribution in [2.75, 3.05) is 45.9 Å². The van der Waals surface area contributed by atoms with E-state index in [1.165, 1.54) is 19.3 Å². The number of rotatable bonds is 9. The molecule has 2 saturated heterocycles. The van der Waals surface area contributed by atoms with Crippen molar-refractivity contribution in [3.8, 4) is 0 Å². The smallest absolute Gasteiger partial charge is 0.223 e. The van der Waals surface area contributed by atoms with Gasteiger partial charge in [-0.2, -0.15) is 0 Å². The Morgan fingerprint density at radius 3 is 2.59 bits per heavy atom. The third-order valence-corrected chi connectivity index (χ3v) is 6.24. The standard InChI is InChI=1S/C22H40N4O3/c1-2-23-22(25-13-6-12-24-21(27)18-7-5-8-18)26-14-10-19(11-15-26)29-17-20-9-3-4-16-28-20/h18-20H,2-17H2,1H3,(H,23,25)(H,24,27). The molecule has 3 rings (SSSR count). The van der Waals surface area contributed by atoms with Crippen LogP contribution in [0.5, 0.6) is 0 Å². The van der Waals surface area contributed by atoms with E-state index in [0.717, 1.165) is 90.4 Å². The molecule has 7 nitrogen and oxygen atoms in total. The van der Waals surface area contributed by atoms with Gasteiger partial charge in [0.1, 0.15) is 0 Å². The normalized spacial score (nSPS) is 24.2. The summed E-state index contributed by atoms with van der Waals surface area (Å²) in [7, 11) is 0. The zero-order chi connectivity index (χ0) is 20.3. The number of hydrogen-bond donors (Lipinski definition) is 2. The topological polar surface area (TPSA) is 75.2 Å². The Morgan fingerprint density at radius 2 is 1.93 bits per heavy atom. The van der Waals surface area contributed by atoms with Crippen molar-refractivity contribution in [1.29, 1.82) is 0 Å². The fourth-order valence-electron chi connectivity index (χ4n) is 4.13. The van der Waals surface area contributed by atoms with Crippen molar-refractivity contribution < 1.29 is 14.3 Å². The van der Waals surface area contributed by atoms with E-state index in [9.17, 15) is 4.79 Å². The molecule has 1 amide bonds. The van der Waals surface area contributed by atoms with Gasteiger partial charge in [-0.1, -0.05) is 6.42 Å². The monoisotopic (exact) mass is 408 g/mol. The molecule has 0 aromatic rings. The molecule has 1 atom stereocenters. The Hall–Kier alpha value is -1.34. The third kappa shape index (κ3) is 7.45. The highest BCUT2D eigenvalue weighted by Crippen LogP contribution is 2.26. The molecule has 3 aliphatic rings. The lowest BCUT2D eigenvalue weighted by atomic mass is 9.85. The number of aliphatic imine (C=N–C) groups is 1. The van der Waals surface area contributed by atoms with Crippen LogP contribution in [0.4, 0.5) is 0 Å². The largest absolute Gasteiger partial charge is 0.376 e. The number of amides is 1. The SMILES string of the molecule is CCNC(=NCCCNC(=O)C1CCC1)N1CCC(OCC2CCCCO2)CC1. The second-order valence-electron chi connectivity index (χ2n) is 8.52.